The minimum absolute atomic E-state index is 0.000570. The maximum absolute atomic E-state index is 12.7. The monoisotopic (exact) mass is 561 g/mol. The van der Waals surface area contributed by atoms with E-state index in [4.69, 9.17) is 20.8 Å². The first kappa shape index (κ1) is 23.9. The number of carbonyl (C=O) groups excluding carboxylic acids is 3. The number of urea groups is 1. The number of amides is 4. The molecule has 3 aromatic rings. The Hall–Kier alpha value is -3.21. The smallest absolute Gasteiger partial charge is 0.329 e. The number of halogens is 2. The van der Waals surface area contributed by atoms with Crippen molar-refractivity contribution in [2.45, 2.75) is 9.99 Å². The molecule has 8 nitrogen and oxygen atoms in total. The van der Waals surface area contributed by atoms with Gasteiger partial charge in [-0.25, -0.2) is 9.69 Å². The lowest BCUT2D eigenvalue weighted by molar-refractivity contribution is -0.127. The van der Waals surface area contributed by atoms with Crippen LogP contribution in [-0.2, 0) is 9.59 Å². The molecule has 0 radical (unpaired) electrons. The topological polar surface area (TPSA) is 101 Å². The molecule has 2 aromatic carbocycles. The third kappa shape index (κ3) is 5.46. The molecule has 1 fully saturated rings. The number of benzene rings is 2. The van der Waals surface area contributed by atoms with Crippen LogP contribution in [0.5, 0.6) is 5.75 Å². The van der Waals surface area contributed by atoms with Crippen LogP contribution in [0.15, 0.2) is 79.2 Å². The van der Waals surface area contributed by atoms with Crippen molar-refractivity contribution in [3.63, 3.8) is 0 Å². The van der Waals surface area contributed by atoms with Crippen molar-refractivity contribution in [3.05, 3.63) is 75.5 Å². The number of hydrogen-bond donors (Lipinski definition) is 2. The van der Waals surface area contributed by atoms with E-state index in [0.717, 1.165) is 9.80 Å². The van der Waals surface area contributed by atoms with Gasteiger partial charge in [0.1, 0.15) is 23.8 Å². The number of nitrogens with zero attached hydrogens (tertiary/aromatic N) is 1. The van der Waals surface area contributed by atoms with Gasteiger partial charge >= 0.3 is 6.03 Å². The van der Waals surface area contributed by atoms with Crippen molar-refractivity contribution in [3.8, 4) is 5.75 Å². The second-order valence-electron chi connectivity index (χ2n) is 6.97. The predicted octanol–water partition coefficient (Wildman–Crippen LogP) is 5.39. The molecular weight excluding hydrogens is 546 g/mol. The largest absolute Gasteiger partial charge is 0.495 e. The molecule has 0 unspecified atom stereocenters. The molecular formula is C23H17BrClN3O5S. The van der Waals surface area contributed by atoms with Crippen LogP contribution in [0, 0.1) is 0 Å². The van der Waals surface area contributed by atoms with E-state index in [1.54, 1.807) is 42.5 Å². The summed E-state index contributed by atoms with van der Waals surface area (Å²) in [6, 6.07) is 15.1. The molecule has 4 amide bonds. The van der Waals surface area contributed by atoms with Crippen molar-refractivity contribution in [2.24, 2.45) is 0 Å². The van der Waals surface area contributed by atoms with E-state index in [9.17, 15) is 14.4 Å². The Morgan fingerprint density at radius 3 is 2.71 bits per heavy atom. The van der Waals surface area contributed by atoms with Gasteiger partial charge in [0.15, 0.2) is 5.09 Å². The van der Waals surface area contributed by atoms with Crippen LogP contribution >= 0.6 is 39.3 Å². The number of furan rings is 1. The highest BCUT2D eigenvalue weighted by molar-refractivity contribution is 9.10. The summed E-state index contributed by atoms with van der Waals surface area (Å²) in [7, 11) is 1.48. The van der Waals surface area contributed by atoms with Crippen LogP contribution in [0.3, 0.4) is 0 Å². The summed E-state index contributed by atoms with van der Waals surface area (Å²) in [6.45, 7) is -0.459. The van der Waals surface area contributed by atoms with E-state index < -0.39 is 24.4 Å². The van der Waals surface area contributed by atoms with E-state index in [2.05, 4.69) is 26.6 Å². The number of methoxy groups -OCH3 is 1. The van der Waals surface area contributed by atoms with Gasteiger partial charge in [0, 0.05) is 16.0 Å². The maximum atomic E-state index is 12.7. The van der Waals surface area contributed by atoms with E-state index in [1.807, 2.05) is 12.1 Å². The van der Waals surface area contributed by atoms with Crippen LogP contribution in [0.4, 0.5) is 10.5 Å². The molecule has 0 bridgehead atoms. The van der Waals surface area contributed by atoms with Crippen LogP contribution in [0.25, 0.3) is 6.08 Å². The van der Waals surface area contributed by atoms with Gasteiger partial charge in [-0.15, -0.1) is 0 Å². The molecule has 1 aliphatic heterocycles. The lowest BCUT2D eigenvalue weighted by Crippen LogP contribution is -2.38. The fourth-order valence-corrected chi connectivity index (χ4v) is 4.51. The Balaban J connectivity index is 1.44. The normalized spacial score (nSPS) is 14.4. The quantitative estimate of drug-likeness (QED) is 0.296. The molecule has 174 valence electrons. The summed E-state index contributed by atoms with van der Waals surface area (Å²) in [6.07, 6.45) is 1.41. The summed E-state index contributed by atoms with van der Waals surface area (Å²) in [5.41, 5.74) is 0.434. The summed E-state index contributed by atoms with van der Waals surface area (Å²) >= 11 is 10.7. The Bertz CT molecular complexity index is 1290. The highest BCUT2D eigenvalue weighted by Crippen LogP contribution is 2.37. The van der Waals surface area contributed by atoms with Gasteiger partial charge in [0.2, 0.25) is 5.91 Å². The van der Waals surface area contributed by atoms with Crippen molar-refractivity contribution >= 4 is 68.9 Å². The van der Waals surface area contributed by atoms with E-state index in [-0.39, 0.29) is 5.70 Å². The molecule has 1 aromatic heterocycles. The second kappa shape index (κ2) is 10.4. The van der Waals surface area contributed by atoms with Gasteiger partial charge in [-0.2, -0.15) is 0 Å². The Morgan fingerprint density at radius 1 is 1.24 bits per heavy atom. The van der Waals surface area contributed by atoms with Crippen molar-refractivity contribution in [2.75, 3.05) is 19.0 Å². The number of carbonyl (C=O) groups is 3. The van der Waals surface area contributed by atoms with Gasteiger partial charge in [-0.05, 0) is 58.4 Å². The molecule has 1 saturated heterocycles. The summed E-state index contributed by atoms with van der Waals surface area (Å²) in [4.78, 5) is 39.2. The molecule has 2 heterocycles. The molecule has 4 rings (SSSR count). The molecule has 2 N–H and O–H groups in total. The Kier molecular flexibility index (Phi) is 7.30. The van der Waals surface area contributed by atoms with E-state index in [0.29, 0.717) is 31.8 Å². The third-order valence-corrected chi connectivity index (χ3v) is 6.73. The third-order valence-electron chi connectivity index (χ3n) is 4.63. The molecule has 1 aliphatic rings. The number of ether oxygens (including phenoxy) is 1. The van der Waals surface area contributed by atoms with Crippen LogP contribution in [-0.4, -0.2) is 36.4 Å². The van der Waals surface area contributed by atoms with Gasteiger partial charge in [0.25, 0.3) is 5.91 Å². The Labute approximate surface area is 212 Å². The number of rotatable bonds is 7. The first-order valence-corrected chi connectivity index (χ1v) is 11.8. The number of anilines is 1. The Morgan fingerprint density at radius 2 is 1.97 bits per heavy atom. The van der Waals surface area contributed by atoms with Crippen molar-refractivity contribution in [1.29, 1.82) is 0 Å². The minimum atomic E-state index is -0.701. The zero-order chi connectivity index (χ0) is 24.2. The molecule has 0 saturated carbocycles. The predicted molar refractivity (Wildman–Crippen MR) is 132 cm³/mol. The van der Waals surface area contributed by atoms with E-state index in [1.165, 1.54) is 24.9 Å². The average molecular weight is 563 g/mol. The standard InChI is InChI=1S/C23H17BrClN3O5S/c1-32-19-5-3-2-4-17(19)26-20(29)12-28-21(30)18(27-23(28)31)11-14-10-16(24)22(33-14)34-15-8-6-13(25)7-9-15/h2-11H,12H2,1H3,(H,26,29)(H,27,31). The molecule has 11 heteroatoms. The van der Waals surface area contributed by atoms with Crippen molar-refractivity contribution in [1.82, 2.24) is 10.2 Å². The highest BCUT2D eigenvalue weighted by atomic mass is 79.9. The zero-order valence-corrected chi connectivity index (χ0v) is 20.8. The lowest BCUT2D eigenvalue weighted by atomic mass is 10.3. The SMILES string of the molecule is COc1ccccc1NC(=O)CN1C(=O)NC(=Cc2cc(Br)c(Sc3ccc(Cl)cc3)o2)C1=O. The van der Waals surface area contributed by atoms with Gasteiger partial charge < -0.3 is 19.8 Å². The lowest BCUT2D eigenvalue weighted by Gasteiger charge is -2.13. The average Bonchev–Trinajstić information content (AvgIpc) is 3.28. The number of hydrogen-bond acceptors (Lipinski definition) is 6. The zero-order valence-electron chi connectivity index (χ0n) is 17.6. The first-order valence-electron chi connectivity index (χ1n) is 9.84. The fourth-order valence-electron chi connectivity index (χ4n) is 3.06. The molecule has 0 aliphatic carbocycles. The van der Waals surface area contributed by atoms with Crippen molar-refractivity contribution < 1.29 is 23.5 Å². The fraction of sp³-hybridized carbons (Fsp3) is 0.0870. The summed E-state index contributed by atoms with van der Waals surface area (Å²) < 4.78 is 11.7. The number of para-hydroxylation sites is 2. The molecule has 0 atom stereocenters. The molecule has 0 spiro atoms. The van der Waals surface area contributed by atoms with Crippen LogP contribution in [0.1, 0.15) is 5.76 Å². The highest BCUT2D eigenvalue weighted by Gasteiger charge is 2.35. The molecule has 34 heavy (non-hydrogen) atoms. The maximum Gasteiger partial charge on any atom is 0.329 e. The summed E-state index contributed by atoms with van der Waals surface area (Å²) in [5.74, 6) is -0.368. The number of nitrogens with one attached hydrogen (secondary N) is 2. The van der Waals surface area contributed by atoms with Crippen LogP contribution < -0.4 is 15.4 Å². The summed E-state index contributed by atoms with van der Waals surface area (Å²) in [5, 5.41) is 6.31. The van der Waals surface area contributed by atoms with Gasteiger partial charge in [-0.1, -0.05) is 35.5 Å². The minimum Gasteiger partial charge on any atom is -0.495 e. The van der Waals surface area contributed by atoms with Crippen LogP contribution in [0.2, 0.25) is 5.02 Å². The van der Waals surface area contributed by atoms with Gasteiger partial charge in [0.05, 0.1) is 17.3 Å². The van der Waals surface area contributed by atoms with Gasteiger partial charge in [-0.3, -0.25) is 9.59 Å². The first-order chi connectivity index (χ1) is 16.3. The number of imide groups is 1. The van der Waals surface area contributed by atoms with E-state index >= 15 is 0 Å². The second-order valence-corrected chi connectivity index (χ2v) is 9.31.